The lowest BCUT2D eigenvalue weighted by Gasteiger charge is -2.37. The minimum absolute atomic E-state index is 0. The normalized spacial score (nSPS) is 17.7. The number of piperidine rings is 1. The van der Waals surface area contributed by atoms with E-state index in [9.17, 15) is 12.8 Å². The molecule has 1 saturated heterocycles. The molecule has 2 rings (SSSR count). The molecule has 0 atom stereocenters. The van der Waals surface area contributed by atoms with Crippen molar-refractivity contribution >= 4 is 22.4 Å². The van der Waals surface area contributed by atoms with Gasteiger partial charge < -0.3 is 10.1 Å². The lowest BCUT2D eigenvalue weighted by atomic mass is 9.80. The number of hydrogen-bond donors (Lipinski definition) is 2. The molecule has 22 heavy (non-hydrogen) atoms. The van der Waals surface area contributed by atoms with E-state index in [1.54, 1.807) is 7.11 Å². The highest BCUT2D eigenvalue weighted by Gasteiger charge is 2.33. The van der Waals surface area contributed by atoms with Gasteiger partial charge in [-0.2, -0.15) is 0 Å². The highest BCUT2D eigenvalue weighted by Crippen LogP contribution is 2.28. The zero-order valence-electron chi connectivity index (χ0n) is 12.5. The molecule has 0 aliphatic carbocycles. The summed E-state index contributed by atoms with van der Waals surface area (Å²) in [6.45, 7) is 2.47. The van der Waals surface area contributed by atoms with E-state index in [0.717, 1.165) is 32.0 Å². The highest BCUT2D eigenvalue weighted by atomic mass is 35.5. The second-order valence-electron chi connectivity index (χ2n) is 5.46. The molecule has 8 heteroatoms. The fourth-order valence-electron chi connectivity index (χ4n) is 2.60. The van der Waals surface area contributed by atoms with Gasteiger partial charge in [-0.1, -0.05) is 6.07 Å². The van der Waals surface area contributed by atoms with Crippen LogP contribution in [-0.4, -0.2) is 41.8 Å². The van der Waals surface area contributed by atoms with Gasteiger partial charge in [-0.15, -0.1) is 12.4 Å². The minimum atomic E-state index is -3.70. The summed E-state index contributed by atoms with van der Waals surface area (Å²) in [4.78, 5) is -0.0519. The van der Waals surface area contributed by atoms with Crippen molar-refractivity contribution in [3.8, 4) is 0 Å². The van der Waals surface area contributed by atoms with Gasteiger partial charge in [-0.05, 0) is 44.1 Å². The van der Waals surface area contributed by atoms with E-state index in [2.05, 4.69) is 10.0 Å². The molecular weight excluding hydrogens is 331 g/mol. The first-order valence-corrected chi connectivity index (χ1v) is 8.41. The lowest BCUT2D eigenvalue weighted by Crippen LogP contribution is -2.47. The zero-order chi connectivity index (χ0) is 15.3. The molecule has 0 amide bonds. The van der Waals surface area contributed by atoms with Gasteiger partial charge >= 0.3 is 0 Å². The molecule has 2 N–H and O–H groups in total. The van der Waals surface area contributed by atoms with E-state index in [0.29, 0.717) is 13.2 Å². The Kier molecular flexibility index (Phi) is 7.21. The van der Waals surface area contributed by atoms with Gasteiger partial charge in [0.25, 0.3) is 0 Å². The summed E-state index contributed by atoms with van der Waals surface area (Å²) >= 11 is 0. The maximum atomic E-state index is 13.2. The monoisotopic (exact) mass is 352 g/mol. The largest absolute Gasteiger partial charge is 0.384 e. The van der Waals surface area contributed by atoms with E-state index in [1.807, 2.05) is 0 Å². The number of hydrogen-bond acceptors (Lipinski definition) is 4. The van der Waals surface area contributed by atoms with Crippen LogP contribution in [0.2, 0.25) is 0 Å². The van der Waals surface area contributed by atoms with E-state index in [1.165, 1.54) is 18.2 Å². The molecule has 0 aromatic heterocycles. The molecule has 1 aromatic rings. The summed E-state index contributed by atoms with van der Waals surface area (Å²) < 4.78 is 45.5. The molecule has 1 aliphatic rings. The number of rotatable bonds is 6. The molecular formula is C14H22ClFN2O3S. The topological polar surface area (TPSA) is 67.4 Å². The first-order valence-electron chi connectivity index (χ1n) is 6.92. The van der Waals surface area contributed by atoms with Crippen LogP contribution in [0.5, 0.6) is 0 Å². The van der Waals surface area contributed by atoms with E-state index >= 15 is 0 Å². The predicted molar refractivity (Wildman–Crippen MR) is 85.2 cm³/mol. The van der Waals surface area contributed by atoms with Crippen LogP contribution in [0.25, 0.3) is 0 Å². The number of halogens is 2. The Bertz CT molecular complexity index is 572. The molecule has 5 nitrogen and oxygen atoms in total. The van der Waals surface area contributed by atoms with E-state index in [4.69, 9.17) is 4.74 Å². The van der Waals surface area contributed by atoms with Crippen molar-refractivity contribution in [1.82, 2.24) is 10.0 Å². The smallest absolute Gasteiger partial charge is 0.240 e. The van der Waals surface area contributed by atoms with Crippen LogP contribution < -0.4 is 10.0 Å². The Morgan fingerprint density at radius 2 is 2.05 bits per heavy atom. The Labute approximate surface area is 137 Å². The first kappa shape index (κ1) is 19.3. The number of nitrogens with one attached hydrogen (secondary N) is 2. The van der Waals surface area contributed by atoms with Gasteiger partial charge in [-0.25, -0.2) is 17.5 Å². The van der Waals surface area contributed by atoms with E-state index in [-0.39, 0.29) is 22.7 Å². The number of ether oxygens (including phenoxy) is 1. The second kappa shape index (κ2) is 8.21. The highest BCUT2D eigenvalue weighted by molar-refractivity contribution is 7.89. The average molecular weight is 353 g/mol. The quantitative estimate of drug-likeness (QED) is 0.815. The molecule has 0 bridgehead atoms. The summed E-state index contributed by atoms with van der Waals surface area (Å²) in [6, 6.07) is 5.02. The van der Waals surface area contributed by atoms with Gasteiger partial charge in [0.05, 0.1) is 11.5 Å². The van der Waals surface area contributed by atoms with Crippen LogP contribution in [0.15, 0.2) is 29.2 Å². The Balaban J connectivity index is 0.00000242. The van der Waals surface area contributed by atoms with Crippen molar-refractivity contribution in [1.29, 1.82) is 0 Å². The third-order valence-corrected chi connectivity index (χ3v) is 5.26. The Morgan fingerprint density at radius 3 is 2.64 bits per heavy atom. The Hall–Kier alpha value is -0.730. The van der Waals surface area contributed by atoms with Gasteiger partial charge in [0.2, 0.25) is 10.0 Å². The fraction of sp³-hybridized carbons (Fsp3) is 0.571. The third-order valence-electron chi connectivity index (χ3n) is 3.86. The first-order chi connectivity index (χ1) is 9.97. The van der Waals surface area contributed by atoms with Crippen molar-refractivity contribution in [3.63, 3.8) is 0 Å². The SMILES string of the molecule is COCC1(CNS(=O)(=O)c2cccc(F)c2)CCNCC1.Cl. The standard InChI is InChI=1S/C14H21FN2O3S.ClH/c1-20-11-14(5-7-16-8-6-14)10-17-21(18,19)13-4-2-3-12(15)9-13;/h2-4,9,16-17H,5-8,10-11H2,1H3;1H. The summed E-state index contributed by atoms with van der Waals surface area (Å²) in [6.07, 6.45) is 1.68. The van der Waals surface area contributed by atoms with Crippen molar-refractivity contribution in [2.75, 3.05) is 33.4 Å². The summed E-state index contributed by atoms with van der Waals surface area (Å²) in [7, 11) is -2.09. The van der Waals surface area contributed by atoms with Crippen molar-refractivity contribution in [2.45, 2.75) is 17.7 Å². The van der Waals surface area contributed by atoms with Gasteiger partial charge in [0, 0.05) is 19.1 Å². The number of benzene rings is 1. The fourth-order valence-corrected chi connectivity index (χ4v) is 3.79. The zero-order valence-corrected chi connectivity index (χ0v) is 14.1. The summed E-state index contributed by atoms with van der Waals surface area (Å²) in [5, 5.41) is 3.25. The van der Waals surface area contributed by atoms with Crippen molar-refractivity contribution in [2.24, 2.45) is 5.41 Å². The van der Waals surface area contributed by atoms with Gasteiger partial charge in [0.15, 0.2) is 0 Å². The molecule has 0 spiro atoms. The van der Waals surface area contributed by atoms with Crippen LogP contribution in [0.3, 0.4) is 0 Å². The molecule has 1 fully saturated rings. The molecule has 0 radical (unpaired) electrons. The number of methoxy groups -OCH3 is 1. The van der Waals surface area contributed by atoms with Crippen LogP contribution in [0, 0.1) is 11.2 Å². The molecule has 0 saturated carbocycles. The minimum Gasteiger partial charge on any atom is -0.384 e. The second-order valence-corrected chi connectivity index (χ2v) is 7.23. The average Bonchev–Trinajstić information content (AvgIpc) is 2.47. The molecule has 1 aromatic carbocycles. The third kappa shape index (κ3) is 4.89. The maximum absolute atomic E-state index is 13.2. The Morgan fingerprint density at radius 1 is 1.36 bits per heavy atom. The molecule has 126 valence electrons. The number of sulfonamides is 1. The maximum Gasteiger partial charge on any atom is 0.240 e. The lowest BCUT2D eigenvalue weighted by molar-refractivity contribution is 0.0577. The van der Waals surface area contributed by atoms with Crippen LogP contribution in [-0.2, 0) is 14.8 Å². The molecule has 0 unspecified atom stereocenters. The van der Waals surface area contributed by atoms with Crippen LogP contribution in [0.4, 0.5) is 4.39 Å². The van der Waals surface area contributed by atoms with Crippen LogP contribution in [0.1, 0.15) is 12.8 Å². The van der Waals surface area contributed by atoms with Gasteiger partial charge in [-0.3, -0.25) is 0 Å². The van der Waals surface area contributed by atoms with Crippen LogP contribution >= 0.6 is 12.4 Å². The van der Waals surface area contributed by atoms with E-state index < -0.39 is 15.8 Å². The van der Waals surface area contributed by atoms with Gasteiger partial charge in [0.1, 0.15) is 5.82 Å². The molecule has 1 aliphatic heterocycles. The predicted octanol–water partition coefficient (Wildman–Crippen LogP) is 1.54. The van der Waals surface area contributed by atoms with Crippen molar-refractivity contribution in [3.05, 3.63) is 30.1 Å². The van der Waals surface area contributed by atoms with Crippen molar-refractivity contribution < 1.29 is 17.5 Å². The molecule has 1 heterocycles. The summed E-state index contributed by atoms with van der Waals surface area (Å²) in [5.41, 5.74) is -0.208. The summed E-state index contributed by atoms with van der Waals surface area (Å²) in [5.74, 6) is -0.564.